The van der Waals surface area contributed by atoms with Crippen LogP contribution in [0.4, 0.5) is 0 Å². The van der Waals surface area contributed by atoms with Crippen LogP contribution in [0, 0.1) is 22.7 Å². The number of rotatable bonds is 3. The SMILES string of the molecule is N#Cc1cc(C#N)cc(-c2ccc3oc4ccc(-n5c6ccccc6c6cc(-n7c8ccccc8c8ccccc87)ccc65)cc4c3c2)c1. The van der Waals surface area contributed by atoms with Crippen molar-refractivity contribution >= 4 is 65.6 Å². The van der Waals surface area contributed by atoms with E-state index < -0.39 is 0 Å². The summed E-state index contributed by atoms with van der Waals surface area (Å²) in [5, 5.41) is 25.9. The van der Waals surface area contributed by atoms with Crippen molar-refractivity contribution in [1.29, 1.82) is 10.5 Å². The van der Waals surface area contributed by atoms with E-state index >= 15 is 0 Å². The van der Waals surface area contributed by atoms with Gasteiger partial charge in [0.1, 0.15) is 11.2 Å². The van der Waals surface area contributed by atoms with Crippen LogP contribution in [-0.2, 0) is 0 Å². The second-order valence-electron chi connectivity index (χ2n) is 12.4. The lowest BCUT2D eigenvalue weighted by Crippen LogP contribution is -1.95. The van der Waals surface area contributed by atoms with E-state index in [0.717, 1.165) is 55.5 Å². The minimum absolute atomic E-state index is 0.459. The Morgan fingerprint density at radius 2 is 0.857 bits per heavy atom. The van der Waals surface area contributed by atoms with E-state index in [4.69, 9.17) is 4.42 Å². The number of fused-ring (bicyclic) bond motifs is 9. The zero-order valence-electron chi connectivity index (χ0n) is 26.1. The van der Waals surface area contributed by atoms with Gasteiger partial charge in [0.15, 0.2) is 0 Å². The van der Waals surface area contributed by atoms with Gasteiger partial charge in [-0.2, -0.15) is 10.5 Å². The molecule has 5 nitrogen and oxygen atoms in total. The fourth-order valence-corrected chi connectivity index (χ4v) is 7.59. The number of para-hydroxylation sites is 3. The molecule has 0 saturated carbocycles. The maximum Gasteiger partial charge on any atom is 0.135 e. The maximum atomic E-state index is 9.55. The lowest BCUT2D eigenvalue weighted by molar-refractivity contribution is 0.669. The number of hydrogen-bond donors (Lipinski definition) is 0. The third-order valence-corrected chi connectivity index (χ3v) is 9.73. The molecule has 0 amide bonds. The largest absolute Gasteiger partial charge is 0.456 e. The molecule has 0 saturated heterocycles. The number of aromatic nitrogens is 2. The van der Waals surface area contributed by atoms with E-state index in [1.165, 1.54) is 32.6 Å². The Bertz CT molecular complexity index is 3000. The highest BCUT2D eigenvalue weighted by Crippen LogP contribution is 2.39. The van der Waals surface area contributed by atoms with Gasteiger partial charge >= 0.3 is 0 Å². The normalized spacial score (nSPS) is 11.6. The second kappa shape index (κ2) is 10.2. The van der Waals surface area contributed by atoms with Crippen LogP contribution in [0.3, 0.4) is 0 Å². The number of furan rings is 1. The van der Waals surface area contributed by atoms with Crippen LogP contribution in [-0.4, -0.2) is 9.13 Å². The monoisotopic (exact) mass is 624 g/mol. The summed E-state index contributed by atoms with van der Waals surface area (Å²) < 4.78 is 11.0. The van der Waals surface area contributed by atoms with Gasteiger partial charge in [0, 0.05) is 43.7 Å². The van der Waals surface area contributed by atoms with Crippen molar-refractivity contribution in [3.63, 3.8) is 0 Å². The van der Waals surface area contributed by atoms with Gasteiger partial charge in [0.2, 0.25) is 0 Å². The van der Waals surface area contributed by atoms with Crippen LogP contribution in [0.25, 0.3) is 88.1 Å². The lowest BCUT2D eigenvalue weighted by atomic mass is 9.99. The molecule has 0 aliphatic rings. The van der Waals surface area contributed by atoms with Gasteiger partial charge in [-0.25, -0.2) is 0 Å². The third kappa shape index (κ3) is 3.97. The molecule has 0 atom stereocenters. The van der Waals surface area contributed by atoms with E-state index in [9.17, 15) is 10.5 Å². The topological polar surface area (TPSA) is 70.6 Å². The van der Waals surface area contributed by atoms with Crippen molar-refractivity contribution in [3.05, 3.63) is 157 Å². The summed E-state index contributed by atoms with van der Waals surface area (Å²) in [5.41, 5.74) is 11.0. The number of hydrogen-bond acceptors (Lipinski definition) is 3. The highest BCUT2D eigenvalue weighted by Gasteiger charge is 2.18. The van der Waals surface area contributed by atoms with Crippen molar-refractivity contribution in [1.82, 2.24) is 9.13 Å². The molecule has 0 radical (unpaired) electrons. The van der Waals surface area contributed by atoms with E-state index in [2.05, 4.69) is 130 Å². The van der Waals surface area contributed by atoms with Gasteiger partial charge in [-0.1, -0.05) is 60.7 Å². The highest BCUT2D eigenvalue weighted by molar-refractivity contribution is 6.13. The van der Waals surface area contributed by atoms with E-state index in [1.807, 2.05) is 30.3 Å². The fourth-order valence-electron chi connectivity index (χ4n) is 7.59. The summed E-state index contributed by atoms with van der Waals surface area (Å²) in [7, 11) is 0. The quantitative estimate of drug-likeness (QED) is 0.196. The summed E-state index contributed by atoms with van der Waals surface area (Å²) >= 11 is 0. The molecule has 10 aromatic rings. The van der Waals surface area contributed by atoms with Gasteiger partial charge in [-0.15, -0.1) is 0 Å². The molecule has 49 heavy (non-hydrogen) atoms. The van der Waals surface area contributed by atoms with Crippen LogP contribution in [0.2, 0.25) is 0 Å². The van der Waals surface area contributed by atoms with Gasteiger partial charge in [-0.3, -0.25) is 0 Å². The molecule has 0 bridgehead atoms. The maximum absolute atomic E-state index is 9.55. The molecule has 0 unspecified atom stereocenters. The van der Waals surface area contributed by atoms with Crippen molar-refractivity contribution < 1.29 is 4.42 Å². The molecular weight excluding hydrogens is 601 g/mol. The first-order valence-electron chi connectivity index (χ1n) is 16.1. The minimum atomic E-state index is 0.459. The first-order chi connectivity index (χ1) is 24.2. The highest BCUT2D eigenvalue weighted by atomic mass is 16.3. The molecular formula is C44H24N4O. The van der Waals surface area contributed by atoms with Crippen molar-refractivity contribution in [2.24, 2.45) is 0 Å². The van der Waals surface area contributed by atoms with E-state index in [-0.39, 0.29) is 0 Å². The van der Waals surface area contributed by atoms with Crippen molar-refractivity contribution in [3.8, 4) is 34.6 Å². The number of nitrogens with zero attached hydrogens (tertiary/aromatic N) is 4. The number of nitriles is 2. The molecule has 0 N–H and O–H groups in total. The summed E-state index contributed by atoms with van der Waals surface area (Å²) in [6.07, 6.45) is 0. The Hall–Kier alpha value is -7.08. The van der Waals surface area contributed by atoms with Crippen LogP contribution in [0.5, 0.6) is 0 Å². The van der Waals surface area contributed by atoms with E-state index in [0.29, 0.717) is 11.1 Å². The molecule has 0 aliphatic carbocycles. The Morgan fingerprint density at radius 3 is 1.45 bits per heavy atom. The molecule has 226 valence electrons. The van der Waals surface area contributed by atoms with Crippen molar-refractivity contribution in [2.45, 2.75) is 0 Å². The summed E-state index contributed by atoms with van der Waals surface area (Å²) in [5.74, 6) is 0. The Morgan fingerprint density at radius 1 is 0.388 bits per heavy atom. The van der Waals surface area contributed by atoms with Crippen LogP contribution < -0.4 is 0 Å². The van der Waals surface area contributed by atoms with Crippen molar-refractivity contribution in [2.75, 3.05) is 0 Å². The third-order valence-electron chi connectivity index (χ3n) is 9.73. The molecule has 3 aromatic heterocycles. The molecule has 5 heteroatoms. The van der Waals surface area contributed by atoms with Crippen LogP contribution >= 0.6 is 0 Å². The predicted molar refractivity (Wildman–Crippen MR) is 197 cm³/mol. The van der Waals surface area contributed by atoms with Crippen LogP contribution in [0.15, 0.2) is 150 Å². The summed E-state index contributed by atoms with van der Waals surface area (Å²) in [6, 6.07) is 54.6. The predicted octanol–water partition coefficient (Wildman–Crippen LogP) is 11.2. The lowest BCUT2D eigenvalue weighted by Gasteiger charge is -2.10. The fraction of sp³-hybridized carbons (Fsp3) is 0. The van der Waals surface area contributed by atoms with Gasteiger partial charge < -0.3 is 13.6 Å². The minimum Gasteiger partial charge on any atom is -0.456 e. The zero-order valence-corrected chi connectivity index (χ0v) is 26.1. The molecule has 0 spiro atoms. The average molecular weight is 625 g/mol. The number of benzene rings is 7. The standard InChI is InChI=1S/C44H24N4O/c45-25-27-19-28(26-46)21-30(20-27)29-13-17-43-37(22-29)38-24-32(15-18-44(38)49-43)48-41-12-6-3-9-35(41)36-23-31(14-16-42(36)48)47-39-10-4-1-7-33(39)34-8-2-5-11-40(34)47/h1-24H. The molecule has 7 aromatic carbocycles. The van der Waals surface area contributed by atoms with Crippen LogP contribution in [0.1, 0.15) is 11.1 Å². The molecule has 3 heterocycles. The molecule has 10 rings (SSSR count). The first kappa shape index (κ1) is 27.1. The summed E-state index contributed by atoms with van der Waals surface area (Å²) in [6.45, 7) is 0. The second-order valence-corrected chi connectivity index (χ2v) is 12.4. The smallest absolute Gasteiger partial charge is 0.135 e. The van der Waals surface area contributed by atoms with Gasteiger partial charge in [-0.05, 0) is 96.1 Å². The Balaban J connectivity index is 1.18. The van der Waals surface area contributed by atoms with Gasteiger partial charge in [0.05, 0.1) is 45.3 Å². The Kier molecular flexibility index (Phi) is 5.64. The summed E-state index contributed by atoms with van der Waals surface area (Å²) in [4.78, 5) is 0. The average Bonchev–Trinajstić information content (AvgIpc) is 3.81. The van der Waals surface area contributed by atoms with E-state index in [1.54, 1.807) is 6.07 Å². The van der Waals surface area contributed by atoms with Gasteiger partial charge in [0.25, 0.3) is 0 Å². The first-order valence-corrected chi connectivity index (χ1v) is 16.1. The molecule has 0 aliphatic heterocycles. The zero-order chi connectivity index (χ0) is 32.6. The Labute approximate surface area is 280 Å². The molecule has 0 fully saturated rings.